The van der Waals surface area contributed by atoms with E-state index in [-0.39, 0.29) is 11.8 Å². The van der Waals surface area contributed by atoms with E-state index in [0.717, 1.165) is 36.6 Å². The van der Waals surface area contributed by atoms with Crippen LogP contribution in [0.2, 0.25) is 0 Å². The first kappa shape index (κ1) is 12.3. The number of fused-ring (bicyclic) bond motifs is 1. The van der Waals surface area contributed by atoms with Crippen molar-refractivity contribution in [2.24, 2.45) is 5.92 Å². The predicted molar refractivity (Wildman–Crippen MR) is 70.5 cm³/mol. The molecule has 1 saturated heterocycles. The fraction of sp³-hybridized carbons (Fsp3) is 0.500. The first-order valence-corrected chi connectivity index (χ1v) is 6.70. The second-order valence-electron chi connectivity index (χ2n) is 4.87. The van der Waals surface area contributed by atoms with Crippen LogP contribution in [0.3, 0.4) is 0 Å². The molecular weight excluding hydrogens is 244 g/mol. The highest BCUT2D eigenvalue weighted by Crippen LogP contribution is 2.30. The minimum absolute atomic E-state index is 0.149. The van der Waals surface area contributed by atoms with Crippen LogP contribution in [0.1, 0.15) is 5.56 Å². The lowest BCUT2D eigenvalue weighted by molar-refractivity contribution is -0.126. The average Bonchev–Trinajstić information content (AvgIpc) is 2.36. The normalized spacial score (nSPS) is 17.7. The van der Waals surface area contributed by atoms with Crippen molar-refractivity contribution in [3.63, 3.8) is 0 Å². The maximum Gasteiger partial charge on any atom is 0.225 e. The molecule has 0 aromatic heterocycles. The molecule has 2 heterocycles. The van der Waals surface area contributed by atoms with Crippen molar-refractivity contribution in [1.82, 2.24) is 10.6 Å². The fourth-order valence-corrected chi connectivity index (χ4v) is 2.19. The Kier molecular flexibility index (Phi) is 3.55. The largest absolute Gasteiger partial charge is 0.486 e. The maximum atomic E-state index is 11.7. The summed E-state index contributed by atoms with van der Waals surface area (Å²) < 4.78 is 11.0. The number of carbonyl (C=O) groups excluding carboxylic acids is 1. The van der Waals surface area contributed by atoms with E-state index >= 15 is 0 Å². The van der Waals surface area contributed by atoms with Crippen LogP contribution in [0.5, 0.6) is 11.5 Å². The topological polar surface area (TPSA) is 59.6 Å². The molecule has 2 aliphatic rings. The van der Waals surface area contributed by atoms with Crippen molar-refractivity contribution >= 4 is 5.91 Å². The van der Waals surface area contributed by atoms with Gasteiger partial charge in [-0.2, -0.15) is 0 Å². The van der Waals surface area contributed by atoms with Gasteiger partial charge in [0.15, 0.2) is 11.5 Å². The molecule has 0 aliphatic carbocycles. The third-order valence-corrected chi connectivity index (χ3v) is 3.47. The van der Waals surface area contributed by atoms with Gasteiger partial charge in [0.2, 0.25) is 5.91 Å². The van der Waals surface area contributed by atoms with Gasteiger partial charge in [-0.3, -0.25) is 4.79 Å². The van der Waals surface area contributed by atoms with Crippen molar-refractivity contribution in [3.05, 3.63) is 23.8 Å². The molecule has 5 nitrogen and oxygen atoms in total. The number of nitrogens with one attached hydrogen (secondary N) is 2. The van der Waals surface area contributed by atoms with E-state index in [9.17, 15) is 4.79 Å². The van der Waals surface area contributed by atoms with Crippen LogP contribution < -0.4 is 20.1 Å². The molecule has 1 amide bonds. The monoisotopic (exact) mass is 262 g/mol. The zero-order valence-electron chi connectivity index (χ0n) is 10.8. The summed E-state index contributed by atoms with van der Waals surface area (Å²) in [6, 6.07) is 5.94. The minimum Gasteiger partial charge on any atom is -0.486 e. The van der Waals surface area contributed by atoms with Gasteiger partial charge in [-0.1, -0.05) is 6.07 Å². The van der Waals surface area contributed by atoms with Crippen LogP contribution in [-0.2, 0) is 11.2 Å². The summed E-state index contributed by atoms with van der Waals surface area (Å²) in [6.07, 6.45) is 0.808. The summed E-state index contributed by atoms with van der Waals surface area (Å²) in [5.41, 5.74) is 1.15. The number of ether oxygens (including phenoxy) is 2. The SMILES string of the molecule is O=C(NCCc1ccc2c(c1)OCCO2)C1CNC1. The molecule has 1 aromatic rings. The first-order valence-electron chi connectivity index (χ1n) is 6.70. The van der Waals surface area contributed by atoms with Crippen LogP contribution >= 0.6 is 0 Å². The first-order chi connectivity index (χ1) is 9.33. The molecule has 0 saturated carbocycles. The number of rotatable bonds is 4. The molecule has 0 unspecified atom stereocenters. The number of amides is 1. The smallest absolute Gasteiger partial charge is 0.225 e. The van der Waals surface area contributed by atoms with Crippen molar-refractivity contribution in [2.75, 3.05) is 32.8 Å². The lowest BCUT2D eigenvalue weighted by atomic mass is 10.0. The molecule has 102 valence electrons. The third-order valence-electron chi connectivity index (χ3n) is 3.47. The molecule has 1 fully saturated rings. The van der Waals surface area contributed by atoms with E-state index in [0.29, 0.717) is 19.8 Å². The Labute approximate surface area is 112 Å². The van der Waals surface area contributed by atoms with Crippen LogP contribution in [0.4, 0.5) is 0 Å². The van der Waals surface area contributed by atoms with E-state index in [1.54, 1.807) is 0 Å². The van der Waals surface area contributed by atoms with Gasteiger partial charge >= 0.3 is 0 Å². The Bertz CT molecular complexity index is 472. The third kappa shape index (κ3) is 2.81. The van der Waals surface area contributed by atoms with Gasteiger partial charge in [0.1, 0.15) is 13.2 Å². The lowest BCUT2D eigenvalue weighted by Crippen LogP contribution is -2.51. The summed E-state index contributed by atoms with van der Waals surface area (Å²) in [7, 11) is 0. The van der Waals surface area contributed by atoms with E-state index in [1.165, 1.54) is 0 Å². The van der Waals surface area contributed by atoms with Crippen molar-refractivity contribution in [3.8, 4) is 11.5 Å². The zero-order chi connectivity index (χ0) is 13.1. The zero-order valence-corrected chi connectivity index (χ0v) is 10.8. The summed E-state index contributed by atoms with van der Waals surface area (Å²) in [4.78, 5) is 11.7. The van der Waals surface area contributed by atoms with Crippen molar-refractivity contribution in [1.29, 1.82) is 0 Å². The molecule has 0 atom stereocenters. The maximum absolute atomic E-state index is 11.7. The second-order valence-corrected chi connectivity index (χ2v) is 4.87. The summed E-state index contributed by atoms with van der Waals surface area (Å²) >= 11 is 0. The van der Waals surface area contributed by atoms with E-state index in [4.69, 9.17) is 9.47 Å². The molecule has 2 N–H and O–H groups in total. The minimum atomic E-state index is 0.149. The van der Waals surface area contributed by atoms with E-state index in [1.807, 2.05) is 18.2 Å². The standard InChI is InChI=1S/C14H18N2O3/c17-14(11-8-15-9-11)16-4-3-10-1-2-12-13(7-10)19-6-5-18-12/h1-2,7,11,15H,3-6,8-9H2,(H,16,17). The average molecular weight is 262 g/mol. The van der Waals surface area contributed by atoms with Crippen molar-refractivity contribution in [2.45, 2.75) is 6.42 Å². The number of hydrogen-bond donors (Lipinski definition) is 2. The summed E-state index contributed by atoms with van der Waals surface area (Å²) in [6.45, 7) is 3.47. The Morgan fingerprint density at radius 2 is 2.05 bits per heavy atom. The highest BCUT2D eigenvalue weighted by atomic mass is 16.6. The molecule has 0 bridgehead atoms. The van der Waals surface area contributed by atoms with Crippen LogP contribution in [0.15, 0.2) is 18.2 Å². The number of hydrogen-bond acceptors (Lipinski definition) is 4. The van der Waals surface area contributed by atoms with Gasteiger partial charge in [0.25, 0.3) is 0 Å². The molecule has 1 aromatic carbocycles. The molecular formula is C14H18N2O3. The highest BCUT2D eigenvalue weighted by Gasteiger charge is 2.24. The van der Waals surface area contributed by atoms with Crippen LogP contribution in [0.25, 0.3) is 0 Å². The van der Waals surface area contributed by atoms with Crippen molar-refractivity contribution < 1.29 is 14.3 Å². The van der Waals surface area contributed by atoms with Gasteiger partial charge < -0.3 is 20.1 Å². The molecule has 0 radical (unpaired) electrons. The molecule has 19 heavy (non-hydrogen) atoms. The van der Waals surface area contributed by atoms with E-state index < -0.39 is 0 Å². The van der Waals surface area contributed by atoms with Gasteiger partial charge in [0, 0.05) is 19.6 Å². The Morgan fingerprint density at radius 1 is 1.26 bits per heavy atom. The Hall–Kier alpha value is -1.75. The summed E-state index contributed by atoms with van der Waals surface area (Å²) in [5, 5.41) is 6.06. The predicted octanol–water partition coefficient (Wildman–Crippen LogP) is 0.336. The lowest BCUT2D eigenvalue weighted by Gasteiger charge is -2.25. The molecule has 0 spiro atoms. The number of benzene rings is 1. The molecule has 2 aliphatic heterocycles. The van der Waals surface area contributed by atoms with Gasteiger partial charge in [0.05, 0.1) is 5.92 Å². The van der Waals surface area contributed by atoms with Gasteiger partial charge in [-0.25, -0.2) is 0 Å². The van der Waals surface area contributed by atoms with Gasteiger partial charge in [-0.15, -0.1) is 0 Å². The second kappa shape index (κ2) is 5.48. The molecule has 5 heteroatoms. The highest BCUT2D eigenvalue weighted by molar-refractivity contribution is 5.79. The van der Waals surface area contributed by atoms with Gasteiger partial charge in [-0.05, 0) is 24.1 Å². The number of carbonyl (C=O) groups is 1. The molecule has 3 rings (SSSR count). The quantitative estimate of drug-likeness (QED) is 0.821. The fourth-order valence-electron chi connectivity index (χ4n) is 2.19. The van der Waals surface area contributed by atoms with Crippen LogP contribution in [-0.4, -0.2) is 38.8 Å². The summed E-state index contributed by atoms with van der Waals surface area (Å²) in [5.74, 6) is 1.91. The van der Waals surface area contributed by atoms with Crippen LogP contribution in [0, 0.1) is 5.92 Å². The Balaban J connectivity index is 1.50. The Morgan fingerprint density at radius 3 is 2.79 bits per heavy atom. The van der Waals surface area contributed by atoms with E-state index in [2.05, 4.69) is 10.6 Å².